The number of amides is 2. The minimum atomic E-state index is -0.345. The number of hydrogen-bond donors (Lipinski definition) is 0. The first kappa shape index (κ1) is 29.9. The zero-order valence-electron chi connectivity index (χ0n) is 22.7. The lowest BCUT2D eigenvalue weighted by atomic mass is 10.1. The molecule has 1 saturated heterocycles. The highest BCUT2D eigenvalue weighted by molar-refractivity contribution is 5.93. The molecule has 10 nitrogen and oxygen atoms in total. The van der Waals surface area contributed by atoms with E-state index >= 15 is 0 Å². The van der Waals surface area contributed by atoms with Crippen LogP contribution in [0.5, 0.6) is 0 Å². The van der Waals surface area contributed by atoms with Gasteiger partial charge in [0.2, 0.25) is 11.8 Å². The summed E-state index contributed by atoms with van der Waals surface area (Å²) < 4.78 is 23.9. The third-order valence-corrected chi connectivity index (χ3v) is 6.90. The molecule has 3 heterocycles. The maximum atomic E-state index is 13.2. The molecule has 4 aromatic rings. The Kier molecular flexibility index (Phi) is 10.2. The van der Waals surface area contributed by atoms with Crippen molar-refractivity contribution in [3.63, 3.8) is 0 Å². The molecule has 0 spiro atoms. The fourth-order valence-electron chi connectivity index (χ4n) is 4.61. The Morgan fingerprint density at radius 2 is 1.71 bits per heavy atom. The Morgan fingerprint density at radius 3 is 2.41 bits per heavy atom. The van der Waals surface area contributed by atoms with Crippen LogP contribution in [0, 0.1) is 5.82 Å². The summed E-state index contributed by atoms with van der Waals surface area (Å²) in [4.78, 5) is 35.8. The third-order valence-electron chi connectivity index (χ3n) is 6.90. The van der Waals surface area contributed by atoms with Crippen molar-refractivity contribution in [2.45, 2.75) is 32.9 Å². The van der Waals surface area contributed by atoms with Crippen molar-refractivity contribution in [2.24, 2.45) is 0 Å². The molecule has 0 radical (unpaired) electrons. The smallest absolute Gasteiger partial charge is 0.276 e. The second-order valence-corrected chi connectivity index (χ2v) is 9.65. The average Bonchev–Trinajstić information content (AvgIpc) is 3.66. The first-order chi connectivity index (χ1) is 19.5. The van der Waals surface area contributed by atoms with Crippen molar-refractivity contribution >= 4 is 24.2 Å². The molecule has 0 saturated carbocycles. The first-order valence-electron chi connectivity index (χ1n) is 13.4. The maximum Gasteiger partial charge on any atom is 0.276 e. The van der Waals surface area contributed by atoms with Crippen molar-refractivity contribution in [2.75, 3.05) is 32.7 Å². The number of rotatable bonds is 10. The summed E-state index contributed by atoms with van der Waals surface area (Å²) in [6, 6.07) is 17.3. The van der Waals surface area contributed by atoms with Gasteiger partial charge in [0.25, 0.3) is 5.91 Å². The lowest BCUT2D eigenvalue weighted by molar-refractivity contribution is -0.131. The van der Waals surface area contributed by atoms with Gasteiger partial charge < -0.3 is 18.8 Å². The van der Waals surface area contributed by atoms with E-state index < -0.39 is 0 Å². The number of piperazine rings is 1. The molecular formula is C29H32ClFN6O4. The van der Waals surface area contributed by atoms with Gasteiger partial charge >= 0.3 is 0 Å². The molecular weight excluding hydrogens is 551 g/mol. The molecule has 0 unspecified atom stereocenters. The van der Waals surface area contributed by atoms with Gasteiger partial charge in [0.15, 0.2) is 17.3 Å². The van der Waals surface area contributed by atoms with Gasteiger partial charge in [-0.1, -0.05) is 40.6 Å². The topological polar surface area (TPSA) is 109 Å². The van der Waals surface area contributed by atoms with Crippen molar-refractivity contribution in [1.82, 2.24) is 30.0 Å². The summed E-state index contributed by atoms with van der Waals surface area (Å²) in [5, 5.41) is 7.99. The molecule has 0 atom stereocenters. The lowest BCUT2D eigenvalue weighted by Gasteiger charge is -2.33. The van der Waals surface area contributed by atoms with Crippen LogP contribution in [0.4, 0.5) is 4.39 Å². The normalized spacial score (nSPS) is 13.6. The number of aryl methyl sites for hydroxylation is 1. The van der Waals surface area contributed by atoms with Gasteiger partial charge in [-0.25, -0.2) is 4.39 Å². The number of halogens is 2. The number of carbonyl (C=O) groups is 2. The summed E-state index contributed by atoms with van der Waals surface area (Å²) in [7, 11) is 0. The third kappa shape index (κ3) is 7.77. The van der Waals surface area contributed by atoms with E-state index in [1.165, 1.54) is 12.1 Å². The Morgan fingerprint density at radius 1 is 0.976 bits per heavy atom. The molecule has 0 aliphatic carbocycles. The van der Waals surface area contributed by atoms with E-state index in [0.717, 1.165) is 5.56 Å². The Labute approximate surface area is 243 Å². The number of benzene rings is 2. The van der Waals surface area contributed by atoms with E-state index in [-0.39, 0.29) is 35.7 Å². The molecule has 0 bridgehead atoms. The van der Waals surface area contributed by atoms with Crippen LogP contribution in [0.25, 0.3) is 11.3 Å². The Balaban J connectivity index is 0.00000387. The van der Waals surface area contributed by atoms with E-state index in [2.05, 4.69) is 20.2 Å². The van der Waals surface area contributed by atoms with Crippen molar-refractivity contribution in [3.8, 4) is 11.3 Å². The Bertz CT molecular complexity index is 1420. The largest absolute Gasteiger partial charge is 0.355 e. The molecule has 216 valence electrons. The van der Waals surface area contributed by atoms with Crippen LogP contribution < -0.4 is 0 Å². The van der Waals surface area contributed by atoms with E-state index in [9.17, 15) is 14.0 Å². The number of hydrogen-bond acceptors (Lipinski definition) is 8. The summed E-state index contributed by atoms with van der Waals surface area (Å²) in [6.45, 7) is 5.98. The van der Waals surface area contributed by atoms with Gasteiger partial charge in [-0.2, -0.15) is 4.98 Å². The lowest BCUT2D eigenvalue weighted by Crippen LogP contribution is -2.48. The highest BCUT2D eigenvalue weighted by atomic mass is 35.5. The molecule has 0 N–H and O–H groups in total. The van der Waals surface area contributed by atoms with Crippen LogP contribution in [-0.4, -0.2) is 74.5 Å². The van der Waals surface area contributed by atoms with Gasteiger partial charge in [0, 0.05) is 63.7 Å². The Hall–Kier alpha value is -4.09. The number of nitrogens with zero attached hydrogens (tertiary/aromatic N) is 6. The fraction of sp³-hybridized carbons (Fsp3) is 0.345. The summed E-state index contributed by atoms with van der Waals surface area (Å²) in [6.07, 6.45) is 0.686. The van der Waals surface area contributed by atoms with Gasteiger partial charge in [-0.3, -0.25) is 14.5 Å². The van der Waals surface area contributed by atoms with E-state index in [0.29, 0.717) is 81.7 Å². The zero-order chi connectivity index (χ0) is 27.9. The predicted octanol–water partition coefficient (Wildman–Crippen LogP) is 4.22. The molecule has 5 rings (SSSR count). The summed E-state index contributed by atoms with van der Waals surface area (Å²) in [5.74, 6) is 0.897. The maximum absolute atomic E-state index is 13.2. The highest BCUT2D eigenvalue weighted by Gasteiger charge is 2.26. The van der Waals surface area contributed by atoms with Crippen LogP contribution in [0.1, 0.15) is 41.1 Å². The van der Waals surface area contributed by atoms with Gasteiger partial charge in [0.1, 0.15) is 5.82 Å². The summed E-state index contributed by atoms with van der Waals surface area (Å²) in [5.41, 5.74) is 1.96. The minimum absolute atomic E-state index is 0. The summed E-state index contributed by atoms with van der Waals surface area (Å²) >= 11 is 0. The van der Waals surface area contributed by atoms with E-state index in [4.69, 9.17) is 9.05 Å². The highest BCUT2D eigenvalue weighted by Crippen LogP contribution is 2.22. The van der Waals surface area contributed by atoms with Crippen LogP contribution in [0.3, 0.4) is 0 Å². The van der Waals surface area contributed by atoms with Crippen LogP contribution in [0.2, 0.25) is 0 Å². The zero-order valence-corrected chi connectivity index (χ0v) is 23.6. The number of aromatic nitrogens is 3. The minimum Gasteiger partial charge on any atom is -0.355 e. The van der Waals surface area contributed by atoms with Crippen LogP contribution in [0.15, 0.2) is 69.7 Å². The van der Waals surface area contributed by atoms with Crippen LogP contribution >= 0.6 is 12.4 Å². The second-order valence-electron chi connectivity index (χ2n) is 9.65. The standard InChI is InChI=1S/C29H31FN6O4.ClH/c1-2-35(19-21-6-4-3-5-7-21)28(37)13-12-27-31-26(33-40-27)20-34-14-16-36(17-15-34)29(38)24-18-25(39-32-24)22-8-10-23(30)11-9-22;/h3-11,18H,2,12-17,19-20H2,1H3;1H. The molecule has 1 aliphatic heterocycles. The SMILES string of the molecule is CCN(Cc1ccccc1)C(=O)CCc1nc(CN2CCN(C(=O)c3cc(-c4ccc(F)cc4)on3)CC2)no1.Cl. The van der Waals surface area contributed by atoms with Gasteiger partial charge in [-0.15, -0.1) is 12.4 Å². The first-order valence-corrected chi connectivity index (χ1v) is 13.4. The molecule has 41 heavy (non-hydrogen) atoms. The fourth-order valence-corrected chi connectivity index (χ4v) is 4.61. The van der Waals surface area contributed by atoms with E-state index in [1.54, 1.807) is 23.1 Å². The molecule has 1 fully saturated rings. The predicted molar refractivity (Wildman–Crippen MR) is 150 cm³/mol. The van der Waals surface area contributed by atoms with Gasteiger partial charge in [0.05, 0.1) is 6.54 Å². The molecule has 2 amide bonds. The molecule has 12 heteroatoms. The van der Waals surface area contributed by atoms with Crippen LogP contribution in [-0.2, 0) is 24.3 Å². The van der Waals surface area contributed by atoms with Crippen molar-refractivity contribution < 1.29 is 23.0 Å². The average molecular weight is 583 g/mol. The monoisotopic (exact) mass is 582 g/mol. The molecule has 2 aromatic heterocycles. The second kappa shape index (κ2) is 14.0. The molecule has 1 aliphatic rings. The van der Waals surface area contributed by atoms with Crippen molar-refractivity contribution in [1.29, 1.82) is 0 Å². The quantitative estimate of drug-likeness (QED) is 0.273. The van der Waals surface area contributed by atoms with E-state index in [1.807, 2.05) is 42.2 Å². The van der Waals surface area contributed by atoms with Crippen molar-refractivity contribution in [3.05, 3.63) is 89.5 Å². The molecule has 2 aromatic carbocycles. The van der Waals surface area contributed by atoms with Gasteiger partial charge in [-0.05, 0) is 36.8 Å². The number of carbonyl (C=O) groups excluding carboxylic acids is 2.